The number of ether oxygens (including phenoxy) is 2. The first kappa shape index (κ1) is 27.6. The Balaban J connectivity index is 1.06. The highest BCUT2D eigenvalue weighted by Crippen LogP contribution is 2.55. The smallest absolute Gasteiger partial charge is 0.410 e. The lowest BCUT2D eigenvalue weighted by Gasteiger charge is -2.43. The van der Waals surface area contributed by atoms with Gasteiger partial charge in [-0.05, 0) is 83.8 Å². The zero-order valence-electron chi connectivity index (χ0n) is 24.6. The summed E-state index contributed by atoms with van der Waals surface area (Å²) < 4.78 is 11.5. The van der Waals surface area contributed by atoms with E-state index >= 15 is 0 Å². The van der Waals surface area contributed by atoms with Crippen molar-refractivity contribution in [3.05, 3.63) is 36.0 Å². The number of rotatable bonds is 7. The number of nitrogens with one attached hydrogen (secondary N) is 1. The molecule has 41 heavy (non-hydrogen) atoms. The third kappa shape index (κ3) is 5.77. The van der Waals surface area contributed by atoms with Crippen LogP contribution < -0.4 is 15.0 Å². The lowest BCUT2D eigenvalue weighted by atomic mass is 10.0. The zero-order chi connectivity index (χ0) is 28.8. The van der Waals surface area contributed by atoms with E-state index in [0.717, 1.165) is 36.4 Å². The van der Waals surface area contributed by atoms with Gasteiger partial charge < -0.3 is 24.6 Å². The molecule has 1 aromatic carbocycles. The van der Waals surface area contributed by atoms with Crippen LogP contribution in [0.1, 0.15) is 52.0 Å². The van der Waals surface area contributed by atoms with E-state index in [1.165, 1.54) is 25.9 Å². The van der Waals surface area contributed by atoms with Crippen LogP contribution >= 0.6 is 0 Å². The Hall–Kier alpha value is -3.60. The Morgan fingerprint density at radius 2 is 1.90 bits per heavy atom. The van der Waals surface area contributed by atoms with Crippen LogP contribution in [0.5, 0.6) is 5.75 Å². The van der Waals surface area contributed by atoms with Gasteiger partial charge in [-0.2, -0.15) is 4.98 Å². The van der Waals surface area contributed by atoms with Crippen molar-refractivity contribution < 1.29 is 19.1 Å². The van der Waals surface area contributed by atoms with Crippen molar-refractivity contribution in [3.8, 4) is 5.75 Å². The largest absolute Gasteiger partial charge is 0.492 e. The first-order valence-corrected chi connectivity index (χ1v) is 14.7. The minimum absolute atomic E-state index is 0.0641. The van der Waals surface area contributed by atoms with Crippen molar-refractivity contribution in [2.45, 2.75) is 64.1 Å². The third-order valence-corrected chi connectivity index (χ3v) is 8.64. The van der Waals surface area contributed by atoms with E-state index in [4.69, 9.17) is 14.5 Å². The molecular formula is C30H41N7O4. The molecule has 1 aliphatic carbocycles. The molecule has 1 saturated carbocycles. The standard InChI is InChI=1S/C30H41N7O4/c1-29(2,3)41-28(39)36-14-11-30(17-22(30)20-36)37-19-21-18-31-26(33-25(21)34(4)27(37)38)32-23-7-9-24(10-8-23)40-16-15-35-12-5-6-13-35/h7-10,18,22H,5-6,11-17,19-20H2,1-4H3,(H,31,32,33). The van der Waals surface area contributed by atoms with Crippen LogP contribution in [0.2, 0.25) is 0 Å². The third-order valence-electron chi connectivity index (χ3n) is 8.64. The number of hydrogen-bond donors (Lipinski definition) is 1. The molecule has 3 aliphatic heterocycles. The molecular weight excluding hydrogens is 522 g/mol. The highest BCUT2D eigenvalue weighted by molar-refractivity contribution is 5.94. The Morgan fingerprint density at radius 3 is 2.61 bits per heavy atom. The van der Waals surface area contributed by atoms with Gasteiger partial charge in [-0.3, -0.25) is 9.80 Å². The maximum absolute atomic E-state index is 13.5. The van der Waals surface area contributed by atoms with E-state index in [-0.39, 0.29) is 23.6 Å². The summed E-state index contributed by atoms with van der Waals surface area (Å²) in [4.78, 5) is 43.2. The lowest BCUT2D eigenvalue weighted by Crippen LogP contribution is -2.56. The molecule has 2 atom stereocenters. The predicted octanol–water partition coefficient (Wildman–Crippen LogP) is 4.47. The number of carbonyl (C=O) groups is 2. The van der Waals surface area contributed by atoms with Crippen molar-refractivity contribution in [1.29, 1.82) is 0 Å². The van der Waals surface area contributed by atoms with Gasteiger partial charge in [0, 0.05) is 50.0 Å². The van der Waals surface area contributed by atoms with Crippen molar-refractivity contribution in [1.82, 2.24) is 24.7 Å². The van der Waals surface area contributed by atoms with E-state index in [0.29, 0.717) is 38.0 Å². The monoisotopic (exact) mass is 563 g/mol. The summed E-state index contributed by atoms with van der Waals surface area (Å²) in [5, 5.41) is 3.25. The van der Waals surface area contributed by atoms with Crippen LogP contribution in [0, 0.1) is 5.92 Å². The van der Waals surface area contributed by atoms with Gasteiger partial charge in [-0.25, -0.2) is 14.6 Å². The Kier molecular flexibility index (Phi) is 7.17. The number of urea groups is 1. The number of fused-ring (bicyclic) bond motifs is 2. The number of amides is 3. The van der Waals surface area contributed by atoms with E-state index in [1.807, 2.05) is 49.9 Å². The van der Waals surface area contributed by atoms with Gasteiger partial charge >= 0.3 is 12.1 Å². The highest BCUT2D eigenvalue weighted by Gasteiger charge is 2.63. The van der Waals surface area contributed by atoms with Gasteiger partial charge in [0.2, 0.25) is 5.95 Å². The molecule has 11 heteroatoms. The number of anilines is 3. The summed E-state index contributed by atoms with van der Waals surface area (Å²) in [5.41, 5.74) is 1.01. The normalized spacial score (nSPS) is 24.1. The van der Waals surface area contributed by atoms with E-state index in [2.05, 4.69) is 15.2 Å². The maximum Gasteiger partial charge on any atom is 0.410 e. The fraction of sp³-hybridized carbons (Fsp3) is 0.600. The summed E-state index contributed by atoms with van der Waals surface area (Å²) in [6.07, 6.45) is 5.72. The second-order valence-electron chi connectivity index (χ2n) is 12.7. The van der Waals surface area contributed by atoms with Crippen molar-refractivity contribution in [3.63, 3.8) is 0 Å². The van der Waals surface area contributed by atoms with Gasteiger partial charge in [0.1, 0.15) is 23.8 Å². The fourth-order valence-corrected chi connectivity index (χ4v) is 6.33. The molecule has 0 radical (unpaired) electrons. The van der Waals surface area contributed by atoms with Crippen LogP contribution in [0.15, 0.2) is 30.5 Å². The van der Waals surface area contributed by atoms with Crippen LogP contribution in [-0.2, 0) is 11.3 Å². The number of aromatic nitrogens is 2. The first-order chi connectivity index (χ1) is 19.6. The van der Waals surface area contributed by atoms with E-state index in [1.54, 1.807) is 23.0 Å². The second-order valence-corrected chi connectivity index (χ2v) is 12.7. The Labute approximate surface area is 241 Å². The molecule has 2 saturated heterocycles. The minimum Gasteiger partial charge on any atom is -0.492 e. The maximum atomic E-state index is 13.5. The molecule has 0 spiro atoms. The highest BCUT2D eigenvalue weighted by atomic mass is 16.6. The summed E-state index contributed by atoms with van der Waals surface area (Å²) in [6.45, 7) is 11.3. The average Bonchev–Trinajstić information content (AvgIpc) is 3.45. The summed E-state index contributed by atoms with van der Waals surface area (Å²) in [7, 11) is 1.77. The van der Waals surface area contributed by atoms with E-state index < -0.39 is 5.60 Å². The van der Waals surface area contributed by atoms with Crippen molar-refractivity contribution >= 4 is 29.6 Å². The molecule has 6 rings (SSSR count). The Bertz CT molecular complexity index is 1290. The van der Waals surface area contributed by atoms with Gasteiger partial charge in [0.05, 0.1) is 12.1 Å². The molecule has 2 unspecified atom stereocenters. The molecule has 220 valence electrons. The number of carbonyl (C=O) groups excluding carboxylic acids is 2. The molecule has 4 heterocycles. The van der Waals surface area contributed by atoms with Gasteiger partial charge in [-0.1, -0.05) is 0 Å². The SMILES string of the molecule is CN1C(=O)N(C23CCN(C(=O)OC(C)(C)C)CC2C3)Cc2cnc(Nc3ccc(OCCN4CCCC4)cc3)nc21. The summed E-state index contributed by atoms with van der Waals surface area (Å²) >= 11 is 0. The molecule has 11 nitrogen and oxygen atoms in total. The minimum atomic E-state index is -0.525. The molecule has 1 aromatic heterocycles. The van der Waals surface area contributed by atoms with Crippen LogP contribution in [-0.4, -0.2) is 94.3 Å². The van der Waals surface area contributed by atoms with Crippen LogP contribution in [0.4, 0.5) is 27.0 Å². The predicted molar refractivity (Wildman–Crippen MR) is 156 cm³/mol. The van der Waals surface area contributed by atoms with Gasteiger partial charge in [0.15, 0.2) is 0 Å². The quantitative estimate of drug-likeness (QED) is 0.527. The molecule has 4 aliphatic rings. The topological polar surface area (TPSA) is 103 Å². The number of benzene rings is 1. The number of likely N-dealkylation sites (tertiary alicyclic amines) is 2. The number of nitrogens with zero attached hydrogens (tertiary/aromatic N) is 6. The second kappa shape index (κ2) is 10.7. The summed E-state index contributed by atoms with van der Waals surface area (Å²) in [5.74, 6) is 2.14. The molecule has 2 aromatic rings. The number of hydrogen-bond acceptors (Lipinski definition) is 8. The fourth-order valence-electron chi connectivity index (χ4n) is 6.33. The lowest BCUT2D eigenvalue weighted by molar-refractivity contribution is 0.0152. The Morgan fingerprint density at radius 1 is 1.15 bits per heavy atom. The number of piperidine rings is 1. The van der Waals surface area contributed by atoms with Crippen LogP contribution in [0.25, 0.3) is 0 Å². The zero-order valence-corrected chi connectivity index (χ0v) is 24.6. The first-order valence-electron chi connectivity index (χ1n) is 14.7. The molecule has 3 fully saturated rings. The average molecular weight is 564 g/mol. The molecule has 0 bridgehead atoms. The van der Waals surface area contributed by atoms with Gasteiger partial charge in [0.25, 0.3) is 0 Å². The molecule has 3 amide bonds. The van der Waals surface area contributed by atoms with Crippen LogP contribution in [0.3, 0.4) is 0 Å². The molecule has 1 N–H and O–H groups in total. The summed E-state index contributed by atoms with van der Waals surface area (Å²) in [6, 6.07) is 7.71. The van der Waals surface area contributed by atoms with Crippen molar-refractivity contribution in [2.24, 2.45) is 5.92 Å². The van der Waals surface area contributed by atoms with Crippen molar-refractivity contribution in [2.75, 3.05) is 56.6 Å². The van der Waals surface area contributed by atoms with Gasteiger partial charge in [-0.15, -0.1) is 0 Å². The van der Waals surface area contributed by atoms with E-state index in [9.17, 15) is 9.59 Å².